The van der Waals surface area contributed by atoms with Crippen LogP contribution in [0.2, 0.25) is 5.15 Å². The van der Waals surface area contributed by atoms with E-state index < -0.39 is 0 Å². The normalized spacial score (nSPS) is 10.7. The molecule has 0 aliphatic heterocycles. The van der Waals surface area contributed by atoms with Gasteiger partial charge in [0.2, 0.25) is 0 Å². The fraction of sp³-hybridized carbons (Fsp3) is 0.111. The van der Waals surface area contributed by atoms with Crippen molar-refractivity contribution >= 4 is 23.0 Å². The van der Waals surface area contributed by atoms with Gasteiger partial charge in [-0.2, -0.15) is 0 Å². The lowest BCUT2D eigenvalue weighted by atomic mass is 10.2. The van der Waals surface area contributed by atoms with Crippen LogP contribution < -0.4 is 5.73 Å². The van der Waals surface area contributed by atoms with E-state index in [4.69, 9.17) is 22.7 Å². The van der Waals surface area contributed by atoms with E-state index in [1.807, 2.05) is 23.6 Å². The summed E-state index contributed by atoms with van der Waals surface area (Å²) < 4.78 is 1.82. The molecule has 0 aliphatic rings. The molecule has 0 amide bonds. The van der Waals surface area contributed by atoms with Crippen molar-refractivity contribution in [3.05, 3.63) is 34.9 Å². The van der Waals surface area contributed by atoms with Crippen LogP contribution in [-0.4, -0.2) is 15.2 Å². The van der Waals surface area contributed by atoms with Crippen LogP contribution in [0.4, 0.5) is 0 Å². The zero-order valence-corrected chi connectivity index (χ0v) is 8.34. The van der Waals surface area contributed by atoms with E-state index >= 15 is 0 Å². The van der Waals surface area contributed by atoms with Crippen LogP contribution in [0.25, 0.3) is 5.52 Å². The lowest BCUT2D eigenvalue weighted by Crippen LogP contribution is -2.12. The van der Waals surface area contributed by atoms with Crippen LogP contribution in [0, 0.1) is 12.3 Å². The van der Waals surface area contributed by atoms with Crippen molar-refractivity contribution in [2.75, 3.05) is 0 Å². The molecule has 0 saturated carbocycles. The Kier molecular flexibility index (Phi) is 1.93. The van der Waals surface area contributed by atoms with Crippen LogP contribution in [0.1, 0.15) is 11.4 Å². The molecule has 2 aromatic heterocycles. The number of fused-ring (bicyclic) bond motifs is 1. The highest BCUT2D eigenvalue weighted by atomic mass is 35.5. The Labute approximate surface area is 85.8 Å². The number of pyridine rings is 1. The molecule has 0 unspecified atom stereocenters. The molecule has 5 heteroatoms. The maximum absolute atomic E-state index is 7.40. The number of rotatable bonds is 1. The molecule has 0 saturated heterocycles. The van der Waals surface area contributed by atoms with Gasteiger partial charge in [0, 0.05) is 11.8 Å². The average molecular weight is 209 g/mol. The number of aromatic nitrogens is 2. The minimum atomic E-state index is -0.00241. The van der Waals surface area contributed by atoms with Crippen molar-refractivity contribution in [3.8, 4) is 0 Å². The van der Waals surface area contributed by atoms with Crippen molar-refractivity contribution in [2.45, 2.75) is 6.92 Å². The highest BCUT2D eigenvalue weighted by Gasteiger charge is 2.11. The van der Waals surface area contributed by atoms with Gasteiger partial charge < -0.3 is 10.1 Å². The first kappa shape index (κ1) is 9.02. The van der Waals surface area contributed by atoms with Crippen LogP contribution in [0.15, 0.2) is 18.3 Å². The summed E-state index contributed by atoms with van der Waals surface area (Å²) in [6.07, 6.45) is 1.84. The summed E-state index contributed by atoms with van der Waals surface area (Å²) in [6.45, 7) is 1.85. The number of nitrogens with zero attached hydrogens (tertiary/aromatic N) is 2. The Morgan fingerprint density at radius 2 is 2.36 bits per heavy atom. The molecular formula is C9H9ClN4. The van der Waals surface area contributed by atoms with Gasteiger partial charge in [-0.3, -0.25) is 5.41 Å². The number of hydrogen-bond acceptors (Lipinski definition) is 2. The van der Waals surface area contributed by atoms with Crippen molar-refractivity contribution in [1.82, 2.24) is 9.38 Å². The maximum atomic E-state index is 7.40. The number of nitrogens with two attached hydrogens (primary N) is 1. The summed E-state index contributed by atoms with van der Waals surface area (Å²) in [5.74, 6) is 0.783. The van der Waals surface area contributed by atoms with Crippen LogP contribution in [0.5, 0.6) is 0 Å². The molecule has 0 fully saturated rings. The SMILES string of the molecule is Cc1nc(Cl)c2c(C(=N)N)cccn12. The molecule has 3 N–H and O–H groups in total. The molecule has 0 aliphatic carbocycles. The van der Waals surface area contributed by atoms with Gasteiger partial charge in [-0.05, 0) is 19.1 Å². The van der Waals surface area contributed by atoms with E-state index in [-0.39, 0.29) is 5.84 Å². The van der Waals surface area contributed by atoms with Crippen LogP contribution in [0.3, 0.4) is 0 Å². The number of halogens is 1. The molecule has 4 nitrogen and oxygen atoms in total. The number of hydrogen-bond donors (Lipinski definition) is 2. The number of amidine groups is 1. The summed E-state index contributed by atoms with van der Waals surface area (Å²) in [5.41, 5.74) is 6.74. The quantitative estimate of drug-likeness (QED) is 0.552. The van der Waals surface area contributed by atoms with Crippen molar-refractivity contribution < 1.29 is 0 Å². The predicted octanol–water partition coefficient (Wildman–Crippen LogP) is 1.58. The van der Waals surface area contributed by atoms with Gasteiger partial charge in [0.25, 0.3) is 0 Å². The molecule has 0 bridgehead atoms. The lowest BCUT2D eigenvalue weighted by Gasteiger charge is -2.02. The molecule has 0 spiro atoms. The van der Waals surface area contributed by atoms with E-state index in [1.165, 1.54) is 0 Å². The second-order valence-corrected chi connectivity index (χ2v) is 3.36. The van der Waals surface area contributed by atoms with Crippen molar-refractivity contribution in [2.24, 2.45) is 5.73 Å². The summed E-state index contributed by atoms with van der Waals surface area (Å²) in [5, 5.41) is 7.78. The highest BCUT2D eigenvalue weighted by molar-refractivity contribution is 6.33. The Morgan fingerprint density at radius 3 is 3.00 bits per heavy atom. The first-order valence-corrected chi connectivity index (χ1v) is 4.46. The van der Waals surface area contributed by atoms with Gasteiger partial charge in [0.1, 0.15) is 11.7 Å². The Bertz CT molecular complexity index is 515. The monoisotopic (exact) mass is 208 g/mol. The second-order valence-electron chi connectivity index (χ2n) is 3.00. The van der Waals surface area contributed by atoms with E-state index in [9.17, 15) is 0 Å². The summed E-state index contributed by atoms with van der Waals surface area (Å²) in [6, 6.07) is 3.57. The second kappa shape index (κ2) is 2.99. The summed E-state index contributed by atoms with van der Waals surface area (Å²) in [7, 11) is 0. The maximum Gasteiger partial charge on any atom is 0.155 e. The largest absolute Gasteiger partial charge is 0.384 e. The third-order valence-electron chi connectivity index (χ3n) is 2.09. The summed E-state index contributed by atoms with van der Waals surface area (Å²) in [4.78, 5) is 4.11. The Balaban J connectivity index is 2.92. The van der Waals surface area contributed by atoms with E-state index in [0.29, 0.717) is 16.2 Å². The van der Waals surface area contributed by atoms with Crippen molar-refractivity contribution in [3.63, 3.8) is 0 Å². The molecule has 2 aromatic rings. The number of imidazole rings is 1. The van der Waals surface area contributed by atoms with Gasteiger partial charge >= 0.3 is 0 Å². The summed E-state index contributed by atoms with van der Waals surface area (Å²) >= 11 is 5.94. The molecular weight excluding hydrogens is 200 g/mol. The molecule has 0 radical (unpaired) electrons. The molecule has 0 atom stereocenters. The zero-order chi connectivity index (χ0) is 10.3. The minimum absolute atomic E-state index is 0.00241. The van der Waals surface area contributed by atoms with E-state index in [1.54, 1.807) is 6.07 Å². The topological polar surface area (TPSA) is 67.2 Å². The van der Waals surface area contributed by atoms with Crippen LogP contribution >= 0.6 is 11.6 Å². The Morgan fingerprint density at radius 1 is 1.64 bits per heavy atom. The molecule has 14 heavy (non-hydrogen) atoms. The standard InChI is InChI=1S/C9H9ClN4/c1-5-13-8(10)7-6(9(11)12)3-2-4-14(5)7/h2-4H,1H3,(H3,11,12). The number of nitrogen functional groups attached to an aromatic ring is 1. The van der Waals surface area contributed by atoms with Gasteiger partial charge in [-0.15, -0.1) is 0 Å². The third-order valence-corrected chi connectivity index (χ3v) is 2.35. The van der Waals surface area contributed by atoms with E-state index in [0.717, 1.165) is 5.82 Å². The predicted molar refractivity (Wildman–Crippen MR) is 56.0 cm³/mol. The lowest BCUT2D eigenvalue weighted by molar-refractivity contribution is 1.04. The molecule has 72 valence electrons. The van der Waals surface area contributed by atoms with Gasteiger partial charge in [0.15, 0.2) is 5.15 Å². The van der Waals surface area contributed by atoms with Gasteiger partial charge in [-0.25, -0.2) is 4.98 Å². The fourth-order valence-electron chi connectivity index (χ4n) is 1.45. The smallest absolute Gasteiger partial charge is 0.155 e. The van der Waals surface area contributed by atoms with E-state index in [2.05, 4.69) is 4.98 Å². The third kappa shape index (κ3) is 1.15. The number of nitrogens with one attached hydrogen (secondary N) is 1. The first-order chi connectivity index (χ1) is 6.61. The minimum Gasteiger partial charge on any atom is -0.384 e. The highest BCUT2D eigenvalue weighted by Crippen LogP contribution is 2.21. The molecule has 2 heterocycles. The van der Waals surface area contributed by atoms with Gasteiger partial charge in [0.05, 0.1) is 5.52 Å². The average Bonchev–Trinajstić information content (AvgIpc) is 2.43. The molecule has 2 rings (SSSR count). The Hall–Kier alpha value is -1.55. The van der Waals surface area contributed by atoms with Crippen molar-refractivity contribution in [1.29, 1.82) is 5.41 Å². The van der Waals surface area contributed by atoms with Gasteiger partial charge in [-0.1, -0.05) is 11.6 Å². The van der Waals surface area contributed by atoms with Crippen LogP contribution in [-0.2, 0) is 0 Å². The fourth-order valence-corrected chi connectivity index (χ4v) is 1.77. The first-order valence-electron chi connectivity index (χ1n) is 4.09. The number of aryl methyl sites for hydroxylation is 1. The molecule has 0 aromatic carbocycles. The zero-order valence-electron chi connectivity index (χ0n) is 7.58.